The number of carbonyl (C=O) groups excluding carboxylic acids is 2. The molecule has 0 radical (unpaired) electrons. The van der Waals surface area contributed by atoms with E-state index in [-0.39, 0.29) is 11.8 Å². The molecule has 5 heteroatoms. The van der Waals surface area contributed by atoms with Gasteiger partial charge in [-0.3, -0.25) is 15.0 Å². The molecule has 2 rings (SSSR count). The van der Waals surface area contributed by atoms with Crippen molar-refractivity contribution in [3.05, 3.63) is 64.2 Å². The fraction of sp³-hybridized carbons (Fsp3) is 0.364. The lowest BCUT2D eigenvalue weighted by Crippen LogP contribution is -2.56. The molecular weight excluding hydrogens is 340 g/mol. The molecule has 2 aromatic rings. The third-order valence-corrected chi connectivity index (χ3v) is 4.67. The largest absolute Gasteiger partial charge is 0.496 e. The van der Waals surface area contributed by atoms with Crippen molar-refractivity contribution in [2.24, 2.45) is 0 Å². The summed E-state index contributed by atoms with van der Waals surface area (Å²) in [5.74, 6) is 0.0448. The van der Waals surface area contributed by atoms with Crippen molar-refractivity contribution in [3.8, 4) is 5.75 Å². The number of nitrogens with one attached hydrogen (secondary N) is 1. The number of carbonyl (C=O) groups is 2. The standard InChI is InChI=1S/C22H28N2O3/c1-14-10-8-12-18(15(14)2)21(26)24(22(4,5)6)23-20(25)17-11-9-13-19(27-7)16(17)3/h8-13H,1-7H3,(H,23,25). The minimum Gasteiger partial charge on any atom is -0.496 e. The molecule has 0 aliphatic heterocycles. The summed E-state index contributed by atoms with van der Waals surface area (Å²) in [5, 5.41) is 1.40. The maximum atomic E-state index is 13.2. The number of amides is 2. The highest BCUT2D eigenvalue weighted by Gasteiger charge is 2.31. The SMILES string of the molecule is COc1cccc(C(=O)NN(C(=O)c2cccc(C)c2C)C(C)(C)C)c1C. The first kappa shape index (κ1) is 20.5. The van der Waals surface area contributed by atoms with Crippen LogP contribution in [0, 0.1) is 20.8 Å². The van der Waals surface area contributed by atoms with Crippen LogP contribution < -0.4 is 10.2 Å². The zero-order chi connectivity index (χ0) is 20.4. The van der Waals surface area contributed by atoms with E-state index in [0.29, 0.717) is 16.9 Å². The molecule has 0 atom stereocenters. The predicted octanol–water partition coefficient (Wildman–Crippen LogP) is 4.21. The Hall–Kier alpha value is -2.82. The maximum absolute atomic E-state index is 13.2. The van der Waals surface area contributed by atoms with Crippen molar-refractivity contribution < 1.29 is 14.3 Å². The smallest absolute Gasteiger partial charge is 0.273 e. The first-order valence-electron chi connectivity index (χ1n) is 8.93. The van der Waals surface area contributed by atoms with Gasteiger partial charge in [0.15, 0.2) is 0 Å². The van der Waals surface area contributed by atoms with Gasteiger partial charge >= 0.3 is 0 Å². The van der Waals surface area contributed by atoms with Gasteiger partial charge in [-0.15, -0.1) is 0 Å². The number of rotatable bonds is 3. The number of methoxy groups -OCH3 is 1. The number of hydrogen-bond acceptors (Lipinski definition) is 3. The van der Waals surface area contributed by atoms with Gasteiger partial charge in [0.25, 0.3) is 11.8 Å². The van der Waals surface area contributed by atoms with E-state index in [0.717, 1.165) is 16.7 Å². The monoisotopic (exact) mass is 368 g/mol. The second-order valence-electron chi connectivity index (χ2n) is 7.63. The zero-order valence-electron chi connectivity index (χ0n) is 17.1. The van der Waals surface area contributed by atoms with Gasteiger partial charge in [0, 0.05) is 16.7 Å². The highest BCUT2D eigenvalue weighted by Crippen LogP contribution is 2.23. The Bertz CT molecular complexity index is 866. The Labute approximate surface area is 161 Å². The molecule has 0 fully saturated rings. The molecule has 0 bridgehead atoms. The summed E-state index contributed by atoms with van der Waals surface area (Å²) >= 11 is 0. The van der Waals surface area contributed by atoms with Crippen molar-refractivity contribution in [1.29, 1.82) is 0 Å². The number of aryl methyl sites for hydroxylation is 1. The van der Waals surface area contributed by atoms with Crippen LogP contribution in [-0.2, 0) is 0 Å². The summed E-state index contributed by atoms with van der Waals surface area (Å²) in [7, 11) is 1.56. The number of nitrogens with zero attached hydrogens (tertiary/aromatic N) is 1. The van der Waals surface area contributed by atoms with Gasteiger partial charge in [-0.1, -0.05) is 18.2 Å². The van der Waals surface area contributed by atoms with Crippen LogP contribution >= 0.6 is 0 Å². The molecule has 0 spiro atoms. The Morgan fingerprint density at radius 2 is 1.52 bits per heavy atom. The molecule has 2 amide bonds. The molecule has 0 unspecified atom stereocenters. The van der Waals surface area contributed by atoms with Crippen LogP contribution in [0.4, 0.5) is 0 Å². The van der Waals surface area contributed by atoms with E-state index in [2.05, 4.69) is 5.43 Å². The summed E-state index contributed by atoms with van der Waals surface area (Å²) in [6.07, 6.45) is 0. The van der Waals surface area contributed by atoms with E-state index in [1.54, 1.807) is 31.4 Å². The molecule has 1 N–H and O–H groups in total. The van der Waals surface area contributed by atoms with Crippen molar-refractivity contribution >= 4 is 11.8 Å². The van der Waals surface area contributed by atoms with Crippen molar-refractivity contribution in [2.75, 3.05) is 7.11 Å². The molecule has 0 saturated carbocycles. The quantitative estimate of drug-likeness (QED) is 0.826. The second kappa shape index (κ2) is 7.82. The minimum absolute atomic E-state index is 0.238. The van der Waals surface area contributed by atoms with Crippen LogP contribution in [-0.4, -0.2) is 29.5 Å². The first-order valence-corrected chi connectivity index (χ1v) is 8.93. The highest BCUT2D eigenvalue weighted by atomic mass is 16.5. The third-order valence-electron chi connectivity index (χ3n) is 4.67. The lowest BCUT2D eigenvalue weighted by Gasteiger charge is -2.36. The second-order valence-corrected chi connectivity index (χ2v) is 7.63. The number of benzene rings is 2. The Morgan fingerprint density at radius 3 is 2.11 bits per heavy atom. The normalized spacial score (nSPS) is 11.1. The fourth-order valence-corrected chi connectivity index (χ4v) is 2.87. The number of hydrogen-bond donors (Lipinski definition) is 1. The molecule has 2 aromatic carbocycles. The molecule has 5 nitrogen and oxygen atoms in total. The Kier molecular flexibility index (Phi) is 5.94. The van der Waals surface area contributed by atoms with E-state index < -0.39 is 5.54 Å². The van der Waals surface area contributed by atoms with E-state index in [1.807, 2.05) is 53.7 Å². The van der Waals surface area contributed by atoms with Crippen LogP contribution in [0.5, 0.6) is 5.75 Å². The van der Waals surface area contributed by atoms with E-state index in [1.165, 1.54) is 5.01 Å². The van der Waals surface area contributed by atoms with Crippen molar-refractivity contribution in [2.45, 2.75) is 47.1 Å². The van der Waals surface area contributed by atoms with Crippen molar-refractivity contribution in [1.82, 2.24) is 10.4 Å². The molecular formula is C22H28N2O3. The Morgan fingerprint density at radius 1 is 0.926 bits per heavy atom. The molecule has 0 saturated heterocycles. The zero-order valence-corrected chi connectivity index (χ0v) is 17.1. The molecule has 0 aliphatic carbocycles. The van der Waals surface area contributed by atoms with Gasteiger partial charge in [0.05, 0.1) is 12.6 Å². The minimum atomic E-state index is -0.601. The summed E-state index contributed by atoms with van der Waals surface area (Å²) in [4.78, 5) is 26.1. The van der Waals surface area contributed by atoms with Gasteiger partial charge in [-0.25, -0.2) is 5.01 Å². The van der Waals surface area contributed by atoms with Crippen LogP contribution in [0.2, 0.25) is 0 Å². The molecule has 0 heterocycles. The average Bonchev–Trinajstić information content (AvgIpc) is 2.60. The van der Waals surface area contributed by atoms with Crippen LogP contribution in [0.25, 0.3) is 0 Å². The molecule has 144 valence electrons. The number of hydrazine groups is 1. The van der Waals surface area contributed by atoms with E-state index >= 15 is 0 Å². The van der Waals surface area contributed by atoms with Crippen LogP contribution in [0.3, 0.4) is 0 Å². The Balaban J connectivity index is 2.40. The topological polar surface area (TPSA) is 58.6 Å². The summed E-state index contributed by atoms with van der Waals surface area (Å²) < 4.78 is 5.29. The maximum Gasteiger partial charge on any atom is 0.273 e. The molecule has 0 aromatic heterocycles. The van der Waals surface area contributed by atoms with E-state index in [4.69, 9.17) is 4.74 Å². The predicted molar refractivity (Wildman–Crippen MR) is 107 cm³/mol. The van der Waals surface area contributed by atoms with Gasteiger partial charge in [-0.2, -0.15) is 0 Å². The lowest BCUT2D eigenvalue weighted by atomic mass is 10.0. The van der Waals surface area contributed by atoms with Gasteiger partial charge in [0.2, 0.25) is 0 Å². The van der Waals surface area contributed by atoms with E-state index in [9.17, 15) is 9.59 Å². The summed E-state index contributed by atoms with van der Waals surface area (Å²) in [5.41, 5.74) is 5.91. The summed E-state index contributed by atoms with van der Waals surface area (Å²) in [6.45, 7) is 11.4. The number of ether oxygens (including phenoxy) is 1. The van der Waals surface area contributed by atoms with Gasteiger partial charge < -0.3 is 4.74 Å². The first-order chi connectivity index (χ1) is 12.6. The van der Waals surface area contributed by atoms with Crippen LogP contribution in [0.1, 0.15) is 58.2 Å². The van der Waals surface area contributed by atoms with Crippen molar-refractivity contribution in [3.63, 3.8) is 0 Å². The fourth-order valence-electron chi connectivity index (χ4n) is 2.87. The summed E-state index contributed by atoms with van der Waals surface area (Å²) in [6, 6.07) is 10.9. The highest BCUT2D eigenvalue weighted by molar-refractivity contribution is 6.01. The third kappa shape index (κ3) is 4.30. The average molecular weight is 368 g/mol. The van der Waals surface area contributed by atoms with Crippen LogP contribution in [0.15, 0.2) is 36.4 Å². The van der Waals surface area contributed by atoms with Gasteiger partial charge in [0.1, 0.15) is 5.75 Å². The van der Waals surface area contributed by atoms with Gasteiger partial charge in [-0.05, 0) is 70.9 Å². The molecule has 27 heavy (non-hydrogen) atoms. The lowest BCUT2D eigenvalue weighted by molar-refractivity contribution is 0.0357. The molecule has 0 aliphatic rings.